The van der Waals surface area contributed by atoms with E-state index >= 15 is 0 Å². The summed E-state index contributed by atoms with van der Waals surface area (Å²) in [6, 6.07) is 13.0. The van der Waals surface area contributed by atoms with Gasteiger partial charge in [-0.3, -0.25) is 14.2 Å². The van der Waals surface area contributed by atoms with E-state index in [0.717, 1.165) is 5.56 Å². The number of carbonyl (C=O) groups excluding carboxylic acids is 1. The molecule has 0 fully saturated rings. The molecule has 220 valence electrons. The van der Waals surface area contributed by atoms with Crippen molar-refractivity contribution in [3.63, 3.8) is 0 Å². The van der Waals surface area contributed by atoms with Gasteiger partial charge in [0, 0.05) is 28.1 Å². The molecule has 0 radical (unpaired) electrons. The zero-order valence-corrected chi connectivity index (χ0v) is 24.2. The molecule has 43 heavy (non-hydrogen) atoms. The van der Waals surface area contributed by atoms with Crippen molar-refractivity contribution in [3.05, 3.63) is 93.3 Å². The van der Waals surface area contributed by atoms with Crippen LogP contribution in [0, 0.1) is 5.92 Å². The molecule has 3 aromatic heterocycles. The molecule has 4 heterocycles. The number of anilines is 1. The second-order valence-electron chi connectivity index (χ2n) is 10.3. The highest BCUT2D eigenvalue weighted by molar-refractivity contribution is 6.31. The molecule has 0 spiro atoms. The highest BCUT2D eigenvalue weighted by atomic mass is 35.5. The van der Waals surface area contributed by atoms with Crippen LogP contribution in [-0.4, -0.2) is 40.2 Å². The maximum atomic E-state index is 13.9. The normalized spacial score (nSPS) is 17.2. The van der Waals surface area contributed by atoms with Gasteiger partial charge in [-0.25, -0.2) is 14.3 Å². The van der Waals surface area contributed by atoms with Crippen LogP contribution in [-0.2, 0) is 4.79 Å². The fraction of sp³-hybridized carbons (Fsp3) is 0.241. The summed E-state index contributed by atoms with van der Waals surface area (Å²) < 4.78 is 31.4. The van der Waals surface area contributed by atoms with Crippen LogP contribution in [0.4, 0.5) is 14.5 Å². The van der Waals surface area contributed by atoms with Gasteiger partial charge in [-0.2, -0.15) is 13.9 Å². The van der Waals surface area contributed by atoms with E-state index < -0.39 is 18.5 Å². The lowest BCUT2D eigenvalue weighted by atomic mass is 9.94. The first kappa shape index (κ1) is 28.7. The van der Waals surface area contributed by atoms with Gasteiger partial charge in [0.2, 0.25) is 5.91 Å². The van der Waals surface area contributed by atoms with Crippen LogP contribution in [0.25, 0.3) is 28.2 Å². The molecule has 2 aromatic carbocycles. The minimum Gasteiger partial charge on any atom is -0.323 e. The number of halogens is 4. The van der Waals surface area contributed by atoms with Crippen molar-refractivity contribution in [3.8, 4) is 28.2 Å². The molecule has 1 aliphatic heterocycles. The number of rotatable bonds is 4. The standard InChI is InChI=1S/C29H24Cl2F2N8O2/c1-16-4-2-7-23(17-5-3-6-18(10-17)27-22(36-28(16)43)13-35-41(27)29(32)33)39-15-34-21(12-26(39)42)20-11-19(30)8-9-24(20)40-14-25(31)37-38-40/h3,5-6,8-16,23,29H,2,4,7H2,1H3,(H,36,43)/t16-,23+/m1/s1. The van der Waals surface area contributed by atoms with Crippen LogP contribution in [0.2, 0.25) is 10.2 Å². The predicted molar refractivity (Wildman–Crippen MR) is 158 cm³/mol. The second-order valence-corrected chi connectivity index (χ2v) is 11.1. The molecule has 0 aliphatic carbocycles. The molecule has 6 rings (SSSR count). The third-order valence-electron chi connectivity index (χ3n) is 7.46. The van der Waals surface area contributed by atoms with Crippen molar-refractivity contribution in [2.75, 3.05) is 5.32 Å². The molecule has 1 N–H and O–H groups in total. The summed E-state index contributed by atoms with van der Waals surface area (Å²) in [5, 5.41) is 15.1. The van der Waals surface area contributed by atoms with Crippen molar-refractivity contribution in [1.82, 2.24) is 34.3 Å². The Morgan fingerprint density at radius 2 is 1.91 bits per heavy atom. The third kappa shape index (κ3) is 5.67. The Morgan fingerprint density at radius 1 is 1.07 bits per heavy atom. The highest BCUT2D eigenvalue weighted by Crippen LogP contribution is 2.36. The van der Waals surface area contributed by atoms with Gasteiger partial charge in [0.05, 0.1) is 47.5 Å². The van der Waals surface area contributed by atoms with Gasteiger partial charge in [-0.15, -0.1) is 5.10 Å². The molecule has 2 atom stereocenters. The van der Waals surface area contributed by atoms with Crippen LogP contribution in [0.15, 0.2) is 72.0 Å². The lowest BCUT2D eigenvalue weighted by molar-refractivity contribution is -0.119. The number of nitrogens with one attached hydrogen (secondary N) is 1. The fourth-order valence-corrected chi connectivity index (χ4v) is 5.62. The van der Waals surface area contributed by atoms with Crippen molar-refractivity contribution in [1.29, 1.82) is 0 Å². The number of hydrogen-bond donors (Lipinski definition) is 1. The topological polar surface area (TPSA) is 113 Å². The van der Waals surface area contributed by atoms with Gasteiger partial charge < -0.3 is 5.32 Å². The van der Waals surface area contributed by atoms with E-state index in [1.165, 1.54) is 34.0 Å². The van der Waals surface area contributed by atoms with Crippen LogP contribution < -0.4 is 10.9 Å². The quantitative estimate of drug-likeness (QED) is 0.247. The van der Waals surface area contributed by atoms with Crippen LogP contribution in [0.3, 0.4) is 0 Å². The molecular formula is C29H24Cl2F2N8O2. The Bertz CT molecular complexity index is 1890. The minimum atomic E-state index is -2.92. The predicted octanol–water partition coefficient (Wildman–Crippen LogP) is 6.40. The molecule has 14 heteroatoms. The maximum Gasteiger partial charge on any atom is 0.333 e. The van der Waals surface area contributed by atoms with Crippen LogP contribution in [0.5, 0.6) is 0 Å². The lowest BCUT2D eigenvalue weighted by Crippen LogP contribution is -2.26. The zero-order valence-electron chi connectivity index (χ0n) is 22.7. The molecule has 1 aliphatic rings. The Balaban J connectivity index is 1.45. The van der Waals surface area contributed by atoms with E-state index in [4.69, 9.17) is 23.2 Å². The molecule has 0 unspecified atom stereocenters. The van der Waals surface area contributed by atoms with Gasteiger partial charge >= 0.3 is 6.55 Å². The van der Waals surface area contributed by atoms with E-state index in [1.54, 1.807) is 43.3 Å². The fourth-order valence-electron chi connectivity index (χ4n) is 5.32. The molecular weight excluding hydrogens is 601 g/mol. The number of hydrogen-bond acceptors (Lipinski definition) is 6. The van der Waals surface area contributed by atoms with Crippen LogP contribution >= 0.6 is 23.2 Å². The van der Waals surface area contributed by atoms with E-state index in [9.17, 15) is 18.4 Å². The first-order valence-electron chi connectivity index (χ1n) is 13.4. The van der Waals surface area contributed by atoms with E-state index in [0.29, 0.717) is 51.5 Å². The zero-order chi connectivity index (χ0) is 30.2. The Morgan fingerprint density at radius 3 is 2.65 bits per heavy atom. The lowest BCUT2D eigenvalue weighted by Gasteiger charge is -2.23. The van der Waals surface area contributed by atoms with Gasteiger partial charge in [0.1, 0.15) is 0 Å². The van der Waals surface area contributed by atoms with E-state index in [1.807, 2.05) is 6.07 Å². The third-order valence-corrected chi connectivity index (χ3v) is 7.87. The average molecular weight is 625 g/mol. The summed E-state index contributed by atoms with van der Waals surface area (Å²) in [4.78, 5) is 31.2. The molecule has 5 aromatic rings. The van der Waals surface area contributed by atoms with Gasteiger partial charge in [0.25, 0.3) is 5.56 Å². The molecule has 1 amide bonds. The summed E-state index contributed by atoms with van der Waals surface area (Å²) in [5.41, 5.74) is 2.58. The smallest absolute Gasteiger partial charge is 0.323 e. The highest BCUT2D eigenvalue weighted by Gasteiger charge is 2.25. The van der Waals surface area contributed by atoms with Gasteiger partial charge in [-0.05, 0) is 42.7 Å². The van der Waals surface area contributed by atoms with Crippen molar-refractivity contribution in [2.24, 2.45) is 5.92 Å². The molecule has 10 nitrogen and oxygen atoms in total. The molecule has 0 saturated heterocycles. The number of nitrogens with zero attached hydrogens (tertiary/aromatic N) is 7. The maximum absolute atomic E-state index is 13.9. The van der Waals surface area contributed by atoms with Crippen molar-refractivity contribution in [2.45, 2.75) is 38.8 Å². The van der Waals surface area contributed by atoms with Crippen LogP contribution in [0.1, 0.15) is 44.3 Å². The molecule has 0 saturated carbocycles. The summed E-state index contributed by atoms with van der Waals surface area (Å²) in [6.07, 6.45) is 5.86. The van der Waals surface area contributed by atoms with Crippen molar-refractivity contribution < 1.29 is 13.6 Å². The van der Waals surface area contributed by atoms with Gasteiger partial charge in [-0.1, -0.05) is 60.0 Å². The summed E-state index contributed by atoms with van der Waals surface area (Å²) in [7, 11) is 0. The average Bonchev–Trinajstić information content (AvgIpc) is 3.61. The van der Waals surface area contributed by atoms with Crippen molar-refractivity contribution >= 4 is 34.8 Å². The number of carbonyl (C=O) groups is 1. The number of alkyl halides is 2. The monoisotopic (exact) mass is 624 g/mol. The Kier molecular flexibility index (Phi) is 7.80. The largest absolute Gasteiger partial charge is 0.333 e. The second kappa shape index (κ2) is 11.7. The Labute approximate surface area is 253 Å². The molecule has 2 bridgehead atoms. The van der Waals surface area contributed by atoms with E-state index in [2.05, 4.69) is 25.7 Å². The summed E-state index contributed by atoms with van der Waals surface area (Å²) >= 11 is 12.3. The number of aromatic nitrogens is 7. The SMILES string of the molecule is C[C@@H]1CCC[C@H](n2cnc(-c3cc(Cl)ccc3-n3cc(Cl)nn3)cc2=O)c2cccc(c2)-c2c(cnn2C(F)F)NC1=O. The summed E-state index contributed by atoms with van der Waals surface area (Å²) in [5.74, 6) is -0.692. The Hall–Kier alpha value is -4.42. The van der Waals surface area contributed by atoms with E-state index in [-0.39, 0.29) is 28.0 Å². The van der Waals surface area contributed by atoms with Gasteiger partial charge in [0.15, 0.2) is 5.15 Å². The number of amides is 1. The first-order valence-corrected chi connectivity index (χ1v) is 14.2. The number of benzene rings is 2. The minimum absolute atomic E-state index is 0.0826. The number of fused-ring (bicyclic) bond motifs is 4. The first-order chi connectivity index (χ1) is 20.7. The summed E-state index contributed by atoms with van der Waals surface area (Å²) in [6.45, 7) is -1.14.